The molecule has 3 rings (SSSR count). The Bertz CT molecular complexity index is 647. The van der Waals surface area contributed by atoms with E-state index in [-0.39, 0.29) is 11.8 Å². The van der Waals surface area contributed by atoms with Crippen LogP contribution in [0, 0.1) is 11.8 Å². The van der Waals surface area contributed by atoms with Crippen LogP contribution in [0.25, 0.3) is 0 Å². The summed E-state index contributed by atoms with van der Waals surface area (Å²) in [6, 6.07) is 2.34. The van der Waals surface area contributed by atoms with Crippen molar-refractivity contribution in [3.8, 4) is 0 Å². The minimum atomic E-state index is 0.182. The Labute approximate surface area is 170 Å². The van der Waals surface area contributed by atoms with E-state index in [4.69, 9.17) is 0 Å². The average Bonchev–Trinajstić information content (AvgIpc) is 3.34. The van der Waals surface area contributed by atoms with Crippen LogP contribution in [0.5, 0.6) is 0 Å². The fourth-order valence-electron chi connectivity index (χ4n) is 4.66. The molecule has 1 aromatic rings. The maximum Gasteiger partial charge on any atom is 0.228 e. The standard InChI is InChI=1S/C23H38N4O/c1-18(2)7-6-8-19(3)17-26-15-12-21(13-16-26)27-22(11-14-24-27)25-23(28)20-9-4-5-10-20/h7,11,14,19-21H,4-6,8-10,12-13,15-17H2,1-3H3,(H,25,28)/t19-/m0/s1. The maximum atomic E-state index is 12.5. The molecule has 5 heteroatoms. The van der Waals surface area contributed by atoms with Crippen molar-refractivity contribution >= 4 is 11.7 Å². The molecule has 0 bridgehead atoms. The average molecular weight is 387 g/mol. The van der Waals surface area contributed by atoms with Gasteiger partial charge in [0.2, 0.25) is 5.91 Å². The van der Waals surface area contributed by atoms with E-state index in [0.29, 0.717) is 6.04 Å². The zero-order chi connectivity index (χ0) is 19.9. The van der Waals surface area contributed by atoms with Gasteiger partial charge in [0.1, 0.15) is 5.82 Å². The monoisotopic (exact) mass is 386 g/mol. The Morgan fingerprint density at radius 2 is 1.96 bits per heavy atom. The Kier molecular flexibility index (Phi) is 7.72. The van der Waals surface area contributed by atoms with Crippen molar-refractivity contribution in [2.24, 2.45) is 11.8 Å². The predicted octanol–water partition coefficient (Wildman–Crippen LogP) is 5.03. The zero-order valence-corrected chi connectivity index (χ0v) is 18.0. The smallest absolute Gasteiger partial charge is 0.228 e. The lowest BCUT2D eigenvalue weighted by Gasteiger charge is -2.34. The largest absolute Gasteiger partial charge is 0.311 e. The predicted molar refractivity (Wildman–Crippen MR) is 115 cm³/mol. The first-order chi connectivity index (χ1) is 13.5. The Morgan fingerprint density at radius 3 is 2.64 bits per heavy atom. The molecule has 1 aliphatic carbocycles. The van der Waals surface area contributed by atoms with Crippen molar-refractivity contribution in [1.82, 2.24) is 14.7 Å². The molecule has 1 saturated carbocycles. The topological polar surface area (TPSA) is 50.2 Å². The van der Waals surface area contributed by atoms with E-state index in [0.717, 1.165) is 50.5 Å². The summed E-state index contributed by atoms with van der Waals surface area (Å²) in [5.41, 5.74) is 1.42. The van der Waals surface area contributed by atoms with Crippen LogP contribution in [0.2, 0.25) is 0 Å². The van der Waals surface area contributed by atoms with E-state index in [9.17, 15) is 4.79 Å². The summed E-state index contributed by atoms with van der Waals surface area (Å²) in [6.07, 6.45) is 13.3. The number of nitrogens with zero attached hydrogens (tertiary/aromatic N) is 3. The van der Waals surface area contributed by atoms with Gasteiger partial charge in [0.25, 0.3) is 0 Å². The SMILES string of the molecule is CC(C)=CCC[C@H](C)CN1CCC(n2nccc2NC(=O)C2CCCC2)CC1. The van der Waals surface area contributed by atoms with Gasteiger partial charge < -0.3 is 10.2 Å². The third-order valence-corrected chi connectivity index (χ3v) is 6.33. The maximum absolute atomic E-state index is 12.5. The van der Waals surface area contributed by atoms with Gasteiger partial charge in [-0.2, -0.15) is 5.10 Å². The highest BCUT2D eigenvalue weighted by Gasteiger charge is 2.26. The third kappa shape index (κ3) is 5.94. The number of amides is 1. The zero-order valence-electron chi connectivity index (χ0n) is 18.0. The summed E-state index contributed by atoms with van der Waals surface area (Å²) in [6.45, 7) is 10.1. The summed E-state index contributed by atoms with van der Waals surface area (Å²) in [5, 5.41) is 7.69. The van der Waals surface area contributed by atoms with Gasteiger partial charge in [0.05, 0.1) is 12.2 Å². The van der Waals surface area contributed by atoms with Crippen LogP contribution in [0.1, 0.15) is 78.2 Å². The van der Waals surface area contributed by atoms with Crippen molar-refractivity contribution in [2.45, 2.75) is 78.2 Å². The molecule has 1 N–H and O–H groups in total. The molecular weight excluding hydrogens is 348 g/mol. The van der Waals surface area contributed by atoms with E-state index < -0.39 is 0 Å². The van der Waals surface area contributed by atoms with E-state index in [1.54, 1.807) is 0 Å². The van der Waals surface area contributed by atoms with Crippen molar-refractivity contribution in [2.75, 3.05) is 25.0 Å². The lowest BCUT2D eigenvalue weighted by atomic mass is 10.0. The van der Waals surface area contributed by atoms with Gasteiger partial charge in [0, 0.05) is 31.6 Å². The van der Waals surface area contributed by atoms with Gasteiger partial charge >= 0.3 is 0 Å². The van der Waals surface area contributed by atoms with Gasteiger partial charge in [-0.15, -0.1) is 0 Å². The minimum Gasteiger partial charge on any atom is -0.311 e. The van der Waals surface area contributed by atoms with Crippen LogP contribution in [0.15, 0.2) is 23.9 Å². The van der Waals surface area contributed by atoms with Crippen molar-refractivity contribution < 1.29 is 4.79 Å². The number of hydrogen-bond acceptors (Lipinski definition) is 3. The molecule has 2 fully saturated rings. The summed E-state index contributed by atoms with van der Waals surface area (Å²) < 4.78 is 2.06. The lowest BCUT2D eigenvalue weighted by molar-refractivity contribution is -0.119. The normalized spacial score (nSPS) is 20.2. The molecule has 1 saturated heterocycles. The second kappa shape index (κ2) is 10.2. The van der Waals surface area contributed by atoms with E-state index in [2.05, 4.69) is 46.8 Å². The fraction of sp³-hybridized carbons (Fsp3) is 0.739. The van der Waals surface area contributed by atoms with Crippen LogP contribution in [0.3, 0.4) is 0 Å². The molecule has 1 aliphatic heterocycles. The van der Waals surface area contributed by atoms with E-state index >= 15 is 0 Å². The van der Waals surface area contributed by atoms with Crippen molar-refractivity contribution in [1.29, 1.82) is 0 Å². The van der Waals surface area contributed by atoms with Crippen LogP contribution in [0.4, 0.5) is 5.82 Å². The molecular formula is C23H38N4O. The van der Waals surface area contributed by atoms with Gasteiger partial charge in [-0.1, -0.05) is 31.4 Å². The second-order valence-corrected chi connectivity index (χ2v) is 9.13. The Balaban J connectivity index is 1.45. The van der Waals surface area contributed by atoms with Gasteiger partial charge in [-0.05, 0) is 58.3 Å². The number of nitrogens with one attached hydrogen (secondary N) is 1. The molecule has 2 aliphatic rings. The first-order valence-corrected chi connectivity index (χ1v) is 11.2. The number of carbonyl (C=O) groups is 1. The highest BCUT2D eigenvalue weighted by Crippen LogP contribution is 2.29. The van der Waals surface area contributed by atoms with E-state index in [1.807, 2.05) is 12.3 Å². The summed E-state index contributed by atoms with van der Waals surface area (Å²) in [7, 11) is 0. The fourth-order valence-corrected chi connectivity index (χ4v) is 4.66. The summed E-state index contributed by atoms with van der Waals surface area (Å²) >= 11 is 0. The van der Waals surface area contributed by atoms with Gasteiger partial charge in [-0.25, -0.2) is 4.68 Å². The molecule has 28 heavy (non-hydrogen) atoms. The number of allylic oxidation sites excluding steroid dienone is 2. The number of piperidine rings is 1. The minimum absolute atomic E-state index is 0.182. The number of carbonyl (C=O) groups excluding carboxylic acids is 1. The number of rotatable bonds is 8. The van der Waals surface area contributed by atoms with Crippen molar-refractivity contribution in [3.05, 3.63) is 23.9 Å². The summed E-state index contributed by atoms with van der Waals surface area (Å²) in [4.78, 5) is 15.1. The molecule has 1 aromatic heterocycles. The van der Waals surface area contributed by atoms with Crippen LogP contribution in [-0.4, -0.2) is 40.2 Å². The van der Waals surface area contributed by atoms with Crippen LogP contribution < -0.4 is 5.32 Å². The molecule has 1 atom stereocenters. The number of hydrogen-bond donors (Lipinski definition) is 1. The quantitative estimate of drug-likeness (QED) is 0.637. The van der Waals surface area contributed by atoms with E-state index in [1.165, 1.54) is 37.8 Å². The highest BCUT2D eigenvalue weighted by atomic mass is 16.2. The summed E-state index contributed by atoms with van der Waals surface area (Å²) in [5.74, 6) is 1.99. The van der Waals surface area contributed by atoms with Crippen LogP contribution in [-0.2, 0) is 4.79 Å². The second-order valence-electron chi connectivity index (χ2n) is 9.13. The number of anilines is 1. The van der Waals surface area contributed by atoms with Crippen molar-refractivity contribution in [3.63, 3.8) is 0 Å². The Hall–Kier alpha value is -1.62. The lowest BCUT2D eigenvalue weighted by Crippen LogP contribution is -2.38. The van der Waals surface area contributed by atoms with Gasteiger partial charge in [0.15, 0.2) is 0 Å². The molecule has 5 nitrogen and oxygen atoms in total. The molecule has 2 heterocycles. The molecule has 0 spiro atoms. The molecule has 0 aromatic carbocycles. The van der Waals surface area contributed by atoms with Crippen LogP contribution >= 0.6 is 0 Å². The van der Waals surface area contributed by atoms with Gasteiger partial charge in [-0.3, -0.25) is 4.79 Å². The third-order valence-electron chi connectivity index (χ3n) is 6.33. The highest BCUT2D eigenvalue weighted by molar-refractivity contribution is 5.91. The number of likely N-dealkylation sites (tertiary alicyclic amines) is 1. The Morgan fingerprint density at radius 1 is 1.25 bits per heavy atom. The molecule has 0 unspecified atom stereocenters. The molecule has 0 radical (unpaired) electrons. The first-order valence-electron chi connectivity index (χ1n) is 11.2. The molecule has 1 amide bonds. The number of aromatic nitrogens is 2. The molecule has 156 valence electrons. The first kappa shape index (κ1) is 21.1.